The second-order valence-corrected chi connectivity index (χ2v) is 4.81. The molecule has 0 amide bonds. The minimum Gasteiger partial charge on any atom is -0.480 e. The summed E-state index contributed by atoms with van der Waals surface area (Å²) in [5.74, 6) is -1.11. The van der Waals surface area contributed by atoms with Crippen molar-refractivity contribution >= 4 is 17.6 Å². The molecule has 1 atom stereocenters. The molecule has 0 bridgehead atoms. The molecule has 0 spiro atoms. The number of aliphatic carboxylic acids is 1. The van der Waals surface area contributed by atoms with Gasteiger partial charge in [-0.05, 0) is 12.5 Å². The van der Waals surface area contributed by atoms with Gasteiger partial charge in [0, 0.05) is 6.20 Å². The molecule has 19 heavy (non-hydrogen) atoms. The van der Waals surface area contributed by atoms with Crippen LogP contribution in [0.2, 0.25) is 5.02 Å². The maximum atomic E-state index is 11.5. The number of aryl methyl sites for hydroxylation is 1. The summed E-state index contributed by atoms with van der Waals surface area (Å²) in [6, 6.07) is 8.68. The standard InChI is InChI=1S/C13H14ClN3O2/c1-9-11(14)7-17(16-9)8-13(15,12(18)19)10-5-3-2-4-6-10/h2-7H,8,15H2,1H3,(H,18,19). The normalized spacial score (nSPS) is 14.1. The van der Waals surface area contributed by atoms with E-state index in [1.807, 2.05) is 0 Å². The Hall–Kier alpha value is -1.85. The zero-order valence-corrected chi connectivity index (χ0v) is 11.1. The van der Waals surface area contributed by atoms with Gasteiger partial charge in [0.2, 0.25) is 0 Å². The topological polar surface area (TPSA) is 81.1 Å². The summed E-state index contributed by atoms with van der Waals surface area (Å²) < 4.78 is 1.46. The number of carboxylic acids is 1. The molecule has 0 fully saturated rings. The van der Waals surface area contributed by atoms with Gasteiger partial charge in [-0.2, -0.15) is 5.10 Å². The summed E-state index contributed by atoms with van der Waals surface area (Å²) >= 11 is 5.91. The maximum absolute atomic E-state index is 11.5. The Bertz CT molecular complexity index is 578. The van der Waals surface area contributed by atoms with Gasteiger partial charge in [0.05, 0.1) is 17.3 Å². The van der Waals surface area contributed by atoms with Crippen LogP contribution in [0.4, 0.5) is 0 Å². The smallest absolute Gasteiger partial charge is 0.330 e. The monoisotopic (exact) mass is 279 g/mol. The van der Waals surface area contributed by atoms with Crippen molar-refractivity contribution < 1.29 is 9.90 Å². The number of hydrogen-bond donors (Lipinski definition) is 2. The first-order valence-electron chi connectivity index (χ1n) is 5.71. The number of aromatic nitrogens is 2. The quantitative estimate of drug-likeness (QED) is 0.894. The average molecular weight is 280 g/mol. The van der Waals surface area contributed by atoms with Gasteiger partial charge in [-0.1, -0.05) is 41.9 Å². The molecule has 3 N–H and O–H groups in total. The molecule has 0 aliphatic rings. The van der Waals surface area contributed by atoms with Crippen LogP contribution in [0.5, 0.6) is 0 Å². The Labute approximate surface area is 115 Å². The zero-order valence-electron chi connectivity index (χ0n) is 10.4. The Morgan fingerprint density at radius 2 is 2.11 bits per heavy atom. The molecule has 6 heteroatoms. The summed E-state index contributed by atoms with van der Waals surface area (Å²) in [4.78, 5) is 11.5. The van der Waals surface area contributed by atoms with Crippen molar-refractivity contribution in [1.29, 1.82) is 0 Å². The third-order valence-electron chi connectivity index (χ3n) is 2.97. The van der Waals surface area contributed by atoms with Gasteiger partial charge >= 0.3 is 5.97 Å². The lowest BCUT2D eigenvalue weighted by Gasteiger charge is -2.25. The van der Waals surface area contributed by atoms with Crippen molar-refractivity contribution in [2.45, 2.75) is 19.0 Å². The fourth-order valence-corrected chi connectivity index (χ4v) is 2.00. The second-order valence-electron chi connectivity index (χ2n) is 4.40. The van der Waals surface area contributed by atoms with Gasteiger partial charge in [0.25, 0.3) is 0 Å². The second kappa shape index (κ2) is 5.03. The number of rotatable bonds is 4. The number of hydrogen-bond acceptors (Lipinski definition) is 3. The minimum absolute atomic E-state index is 0.0138. The summed E-state index contributed by atoms with van der Waals surface area (Å²) in [5.41, 5.74) is 5.67. The van der Waals surface area contributed by atoms with Crippen molar-refractivity contribution in [2.75, 3.05) is 0 Å². The third-order valence-corrected chi connectivity index (χ3v) is 3.34. The molecular formula is C13H14ClN3O2. The van der Waals surface area contributed by atoms with E-state index in [4.69, 9.17) is 17.3 Å². The molecule has 1 aromatic carbocycles. The highest BCUT2D eigenvalue weighted by Crippen LogP contribution is 2.22. The van der Waals surface area contributed by atoms with Gasteiger partial charge in [-0.3, -0.25) is 4.68 Å². The molecule has 0 aliphatic heterocycles. The number of carboxylic acid groups (broad SMARTS) is 1. The van der Waals surface area contributed by atoms with Crippen LogP contribution >= 0.6 is 11.6 Å². The van der Waals surface area contributed by atoms with Crippen molar-refractivity contribution in [1.82, 2.24) is 9.78 Å². The Balaban J connectivity index is 2.38. The molecular weight excluding hydrogens is 266 g/mol. The summed E-state index contributed by atoms with van der Waals surface area (Å²) in [5, 5.41) is 14.1. The molecule has 1 unspecified atom stereocenters. The highest BCUT2D eigenvalue weighted by Gasteiger charge is 2.37. The van der Waals surface area contributed by atoms with E-state index in [2.05, 4.69) is 5.10 Å². The molecule has 0 saturated heterocycles. The molecule has 2 rings (SSSR count). The fraction of sp³-hybridized carbons (Fsp3) is 0.231. The summed E-state index contributed by atoms with van der Waals surface area (Å²) in [7, 11) is 0. The van der Waals surface area contributed by atoms with Crippen LogP contribution in [0, 0.1) is 6.92 Å². The molecule has 100 valence electrons. The largest absolute Gasteiger partial charge is 0.480 e. The van der Waals surface area contributed by atoms with Crippen LogP contribution in [-0.2, 0) is 16.9 Å². The van der Waals surface area contributed by atoms with E-state index >= 15 is 0 Å². The first-order chi connectivity index (χ1) is 8.93. The van der Waals surface area contributed by atoms with E-state index in [0.717, 1.165) is 0 Å². The Kier molecular flexibility index (Phi) is 3.59. The van der Waals surface area contributed by atoms with Crippen LogP contribution in [0.3, 0.4) is 0 Å². The molecule has 0 saturated carbocycles. The highest BCUT2D eigenvalue weighted by atomic mass is 35.5. The minimum atomic E-state index is -1.54. The number of nitrogens with zero attached hydrogens (tertiary/aromatic N) is 2. The maximum Gasteiger partial charge on any atom is 0.330 e. The van der Waals surface area contributed by atoms with Crippen molar-refractivity contribution in [3.8, 4) is 0 Å². The number of benzene rings is 1. The Morgan fingerprint density at radius 1 is 1.47 bits per heavy atom. The first-order valence-corrected chi connectivity index (χ1v) is 6.08. The van der Waals surface area contributed by atoms with Crippen LogP contribution in [0.15, 0.2) is 36.5 Å². The predicted molar refractivity (Wildman–Crippen MR) is 71.9 cm³/mol. The van der Waals surface area contributed by atoms with Gasteiger partial charge < -0.3 is 10.8 Å². The van der Waals surface area contributed by atoms with Crippen LogP contribution in [-0.4, -0.2) is 20.9 Å². The highest BCUT2D eigenvalue weighted by molar-refractivity contribution is 6.31. The first kappa shape index (κ1) is 13.6. The lowest BCUT2D eigenvalue weighted by Crippen LogP contribution is -2.48. The zero-order chi connectivity index (χ0) is 14.0. The molecule has 1 heterocycles. The fourth-order valence-electron chi connectivity index (χ4n) is 1.85. The van der Waals surface area contributed by atoms with Gasteiger partial charge in [0.15, 0.2) is 5.54 Å². The van der Waals surface area contributed by atoms with Crippen molar-refractivity contribution in [2.24, 2.45) is 5.73 Å². The van der Waals surface area contributed by atoms with Crippen LogP contribution in [0.25, 0.3) is 0 Å². The van der Waals surface area contributed by atoms with Crippen molar-refractivity contribution in [3.63, 3.8) is 0 Å². The SMILES string of the molecule is Cc1nn(CC(N)(C(=O)O)c2ccccc2)cc1Cl. The van der Waals surface area contributed by atoms with Gasteiger partial charge in [0.1, 0.15) is 0 Å². The van der Waals surface area contributed by atoms with E-state index in [9.17, 15) is 9.90 Å². The van der Waals surface area contributed by atoms with Crippen LogP contribution < -0.4 is 5.73 Å². The van der Waals surface area contributed by atoms with E-state index in [-0.39, 0.29) is 6.54 Å². The Morgan fingerprint density at radius 3 is 2.58 bits per heavy atom. The third kappa shape index (κ3) is 2.62. The lowest BCUT2D eigenvalue weighted by molar-refractivity contribution is -0.144. The van der Waals surface area contributed by atoms with Crippen molar-refractivity contribution in [3.05, 3.63) is 52.8 Å². The number of halogens is 1. The van der Waals surface area contributed by atoms with Gasteiger partial charge in [-0.15, -0.1) is 0 Å². The van der Waals surface area contributed by atoms with Gasteiger partial charge in [-0.25, -0.2) is 4.79 Å². The number of carbonyl (C=O) groups is 1. The summed E-state index contributed by atoms with van der Waals surface area (Å²) in [6.07, 6.45) is 1.57. The van der Waals surface area contributed by atoms with E-state index < -0.39 is 11.5 Å². The average Bonchev–Trinajstić information content (AvgIpc) is 2.69. The van der Waals surface area contributed by atoms with E-state index in [0.29, 0.717) is 16.3 Å². The molecule has 2 aromatic rings. The lowest BCUT2D eigenvalue weighted by atomic mass is 9.91. The van der Waals surface area contributed by atoms with E-state index in [1.165, 1.54) is 4.68 Å². The molecule has 0 aliphatic carbocycles. The van der Waals surface area contributed by atoms with Crippen LogP contribution in [0.1, 0.15) is 11.3 Å². The molecule has 5 nitrogen and oxygen atoms in total. The molecule has 1 aromatic heterocycles. The predicted octanol–water partition coefficient (Wildman–Crippen LogP) is 1.78. The number of nitrogens with two attached hydrogens (primary N) is 1. The molecule has 0 radical (unpaired) electrons. The van der Waals surface area contributed by atoms with E-state index in [1.54, 1.807) is 43.5 Å². The summed E-state index contributed by atoms with van der Waals surface area (Å²) in [6.45, 7) is 1.76.